The molecule has 0 aliphatic heterocycles. The summed E-state index contributed by atoms with van der Waals surface area (Å²) in [5.74, 6) is 2.15. The highest BCUT2D eigenvalue weighted by Gasteiger charge is 2.08. The third-order valence-corrected chi connectivity index (χ3v) is 5.50. The monoisotopic (exact) mass is 344 g/mol. The van der Waals surface area contributed by atoms with E-state index in [0.29, 0.717) is 12.0 Å². The van der Waals surface area contributed by atoms with Crippen molar-refractivity contribution in [3.63, 3.8) is 0 Å². The average Bonchev–Trinajstić information content (AvgIpc) is 2.49. The Morgan fingerprint density at radius 1 is 0.565 bits per heavy atom. The average molecular weight is 345 g/mol. The molecule has 140 valence electrons. The lowest BCUT2D eigenvalue weighted by Crippen LogP contribution is -2.03. The largest absolute Gasteiger partial charge is 0.396 e. The van der Waals surface area contributed by atoms with Gasteiger partial charge in [0.15, 0.2) is 0 Å². The molecule has 2 heteroatoms. The van der Waals surface area contributed by atoms with Crippen molar-refractivity contribution in [3.05, 3.63) is 0 Å². The first-order chi connectivity index (χ1) is 11.1. The van der Waals surface area contributed by atoms with Crippen LogP contribution in [0.2, 0.25) is 0 Å². The molecule has 0 amide bonds. The summed E-state index contributed by atoms with van der Waals surface area (Å²) in [7, 11) is 0. The molecule has 0 heterocycles. The first-order valence-electron chi connectivity index (χ1n) is 10.2. The molecule has 0 aromatic heterocycles. The highest BCUT2D eigenvalue weighted by atomic mass is 32.2. The second-order valence-electron chi connectivity index (χ2n) is 8.24. The molecule has 0 unspecified atom stereocenters. The molecule has 0 spiro atoms. The van der Waals surface area contributed by atoms with E-state index in [0.717, 1.165) is 5.75 Å². The first kappa shape index (κ1) is 23.3. The molecule has 0 saturated carbocycles. The molecule has 1 nitrogen and oxygen atoms in total. The Hall–Kier alpha value is 0.310. The van der Waals surface area contributed by atoms with Crippen molar-refractivity contribution in [2.45, 2.75) is 111 Å². The third kappa shape index (κ3) is 22.3. The van der Waals surface area contributed by atoms with Gasteiger partial charge in [-0.05, 0) is 24.0 Å². The summed E-state index contributed by atoms with van der Waals surface area (Å²) >= 11 is 1.89. The third-order valence-electron chi connectivity index (χ3n) is 4.45. The maximum absolute atomic E-state index is 8.69. The van der Waals surface area contributed by atoms with Gasteiger partial charge in [-0.3, -0.25) is 0 Å². The fourth-order valence-electron chi connectivity index (χ4n) is 2.97. The van der Waals surface area contributed by atoms with Crippen molar-refractivity contribution in [1.82, 2.24) is 0 Å². The molecule has 0 aliphatic carbocycles. The van der Waals surface area contributed by atoms with Crippen molar-refractivity contribution >= 4 is 11.8 Å². The summed E-state index contributed by atoms with van der Waals surface area (Å²) in [5.41, 5.74) is 0.526. The topological polar surface area (TPSA) is 20.2 Å². The van der Waals surface area contributed by atoms with Gasteiger partial charge in [0.05, 0.1) is 6.61 Å². The molecule has 0 aliphatic rings. The molecule has 0 atom stereocenters. The number of hydrogen-bond donors (Lipinski definition) is 1. The lowest BCUT2D eigenvalue weighted by molar-refractivity contribution is 0.322. The van der Waals surface area contributed by atoms with E-state index in [1.165, 1.54) is 95.6 Å². The summed E-state index contributed by atoms with van der Waals surface area (Å²) in [5, 5.41) is 8.69. The van der Waals surface area contributed by atoms with Crippen molar-refractivity contribution < 1.29 is 5.11 Å². The van der Waals surface area contributed by atoms with Gasteiger partial charge in [0.1, 0.15) is 0 Å². The van der Waals surface area contributed by atoms with Crippen LogP contribution in [0.15, 0.2) is 0 Å². The molecule has 0 bridgehead atoms. The number of aliphatic hydroxyl groups excluding tert-OH is 1. The summed E-state index contributed by atoms with van der Waals surface area (Å²) in [6.45, 7) is 7.39. The maximum atomic E-state index is 8.69. The standard InChI is InChI=1S/C21H44OS/c1-21(2,3)17-15-13-11-9-7-5-4-6-8-10-12-14-16-19-23-20-18-22/h22H,4-20H2,1-3H3. The molecule has 0 fully saturated rings. The van der Waals surface area contributed by atoms with Crippen LogP contribution in [0.25, 0.3) is 0 Å². The molecule has 1 N–H and O–H groups in total. The van der Waals surface area contributed by atoms with Crippen LogP contribution in [-0.4, -0.2) is 23.2 Å². The van der Waals surface area contributed by atoms with E-state index in [2.05, 4.69) is 20.8 Å². The lowest BCUT2D eigenvalue weighted by Gasteiger charge is -2.17. The zero-order valence-corrected chi connectivity index (χ0v) is 17.2. The molecule has 0 rings (SSSR count). The van der Waals surface area contributed by atoms with Gasteiger partial charge in [0.25, 0.3) is 0 Å². The molecular formula is C21H44OS. The smallest absolute Gasteiger partial charge is 0.0521 e. The van der Waals surface area contributed by atoms with Crippen molar-refractivity contribution in [2.24, 2.45) is 5.41 Å². The van der Waals surface area contributed by atoms with Gasteiger partial charge >= 0.3 is 0 Å². The van der Waals surface area contributed by atoms with Gasteiger partial charge in [-0.2, -0.15) is 11.8 Å². The zero-order chi connectivity index (χ0) is 17.2. The van der Waals surface area contributed by atoms with E-state index in [-0.39, 0.29) is 0 Å². The van der Waals surface area contributed by atoms with Gasteiger partial charge in [-0.15, -0.1) is 0 Å². The number of unbranched alkanes of at least 4 members (excludes halogenated alkanes) is 12. The predicted octanol–water partition coefficient (Wildman–Crippen LogP) is 7.22. The van der Waals surface area contributed by atoms with Crippen molar-refractivity contribution in [1.29, 1.82) is 0 Å². The lowest BCUT2D eigenvalue weighted by atomic mass is 9.89. The van der Waals surface area contributed by atoms with Crippen LogP contribution in [0.4, 0.5) is 0 Å². The van der Waals surface area contributed by atoms with Gasteiger partial charge in [-0.25, -0.2) is 0 Å². The van der Waals surface area contributed by atoms with Crippen molar-refractivity contribution in [3.8, 4) is 0 Å². The van der Waals surface area contributed by atoms with E-state index in [4.69, 9.17) is 5.11 Å². The number of rotatable bonds is 17. The van der Waals surface area contributed by atoms with Gasteiger partial charge in [0.2, 0.25) is 0 Å². The number of aliphatic hydroxyl groups is 1. The highest BCUT2D eigenvalue weighted by molar-refractivity contribution is 7.99. The summed E-state index contributed by atoms with van der Waals surface area (Å²) in [6.07, 6.45) is 19.9. The van der Waals surface area contributed by atoms with Gasteiger partial charge < -0.3 is 5.11 Å². The minimum atomic E-state index is 0.335. The molecule has 0 aromatic carbocycles. The van der Waals surface area contributed by atoms with Crippen LogP contribution in [-0.2, 0) is 0 Å². The van der Waals surface area contributed by atoms with E-state index in [1.54, 1.807) is 0 Å². The number of thioether (sulfide) groups is 1. The minimum Gasteiger partial charge on any atom is -0.396 e. The Bertz CT molecular complexity index is 222. The minimum absolute atomic E-state index is 0.335. The second-order valence-corrected chi connectivity index (χ2v) is 9.47. The first-order valence-corrected chi connectivity index (χ1v) is 11.4. The van der Waals surface area contributed by atoms with E-state index in [9.17, 15) is 0 Å². The van der Waals surface area contributed by atoms with Crippen molar-refractivity contribution in [2.75, 3.05) is 18.1 Å². The van der Waals surface area contributed by atoms with E-state index >= 15 is 0 Å². The normalized spacial score (nSPS) is 12.0. The fourth-order valence-corrected chi connectivity index (χ4v) is 3.71. The Balaban J connectivity index is 3.00. The summed E-state index contributed by atoms with van der Waals surface area (Å²) < 4.78 is 0. The maximum Gasteiger partial charge on any atom is 0.0521 e. The quantitative estimate of drug-likeness (QED) is 0.281. The Labute approximate surface area is 151 Å². The van der Waals surface area contributed by atoms with E-state index in [1.807, 2.05) is 11.8 Å². The molecule has 23 heavy (non-hydrogen) atoms. The van der Waals surface area contributed by atoms with Crippen LogP contribution >= 0.6 is 11.8 Å². The van der Waals surface area contributed by atoms with E-state index < -0.39 is 0 Å². The SMILES string of the molecule is CC(C)(C)CCCCCCCCCCCCCCCSCCO. The Kier molecular flexibility index (Phi) is 17.4. The van der Waals surface area contributed by atoms with Gasteiger partial charge in [0, 0.05) is 5.75 Å². The van der Waals surface area contributed by atoms with Crippen LogP contribution in [0.3, 0.4) is 0 Å². The summed E-state index contributed by atoms with van der Waals surface area (Å²) in [6, 6.07) is 0. The van der Waals surface area contributed by atoms with Crippen LogP contribution in [0.5, 0.6) is 0 Å². The Morgan fingerprint density at radius 2 is 0.957 bits per heavy atom. The van der Waals surface area contributed by atoms with Crippen LogP contribution < -0.4 is 0 Å². The highest BCUT2D eigenvalue weighted by Crippen LogP contribution is 2.22. The fraction of sp³-hybridized carbons (Fsp3) is 1.00. The number of hydrogen-bond acceptors (Lipinski definition) is 2. The zero-order valence-electron chi connectivity index (χ0n) is 16.4. The predicted molar refractivity (Wildman–Crippen MR) is 109 cm³/mol. The molecular weight excluding hydrogens is 300 g/mol. The Morgan fingerprint density at radius 3 is 1.35 bits per heavy atom. The summed E-state index contributed by atoms with van der Waals surface area (Å²) in [4.78, 5) is 0. The molecule has 0 radical (unpaired) electrons. The molecule has 0 aromatic rings. The van der Waals surface area contributed by atoms with Gasteiger partial charge in [-0.1, -0.05) is 97.8 Å². The van der Waals surface area contributed by atoms with Crippen LogP contribution in [0.1, 0.15) is 111 Å². The molecule has 0 saturated heterocycles. The second kappa shape index (κ2) is 17.1. The van der Waals surface area contributed by atoms with Crippen LogP contribution in [0, 0.1) is 5.41 Å².